The molecule has 4 aromatic rings. The zero-order valence-corrected chi connectivity index (χ0v) is 19.4. The fourth-order valence-corrected chi connectivity index (χ4v) is 5.96. The molecule has 0 saturated carbocycles. The van der Waals surface area contributed by atoms with Gasteiger partial charge in [0, 0.05) is 0 Å². The Morgan fingerprint density at radius 1 is 0.500 bits per heavy atom. The zero-order chi connectivity index (χ0) is 20.9. The molecule has 0 saturated heterocycles. The molecule has 4 aromatic carbocycles. The highest BCUT2D eigenvalue weighted by Gasteiger charge is 2.12. The lowest BCUT2D eigenvalue weighted by Gasteiger charge is -2.18. The minimum Gasteiger partial charge on any atom is -0.106 e. The number of hydrogen-bond donors (Lipinski definition) is 0. The van der Waals surface area contributed by atoms with E-state index in [4.69, 9.17) is 0 Å². The van der Waals surface area contributed by atoms with Gasteiger partial charge in [0.05, 0.1) is 0 Å². The Kier molecular flexibility index (Phi) is 9.81. The third-order valence-corrected chi connectivity index (χ3v) is 7.87. The Bertz CT molecular complexity index is 899. The quantitative estimate of drug-likeness (QED) is 0.238. The summed E-state index contributed by atoms with van der Waals surface area (Å²) < 4.78 is 0. The van der Waals surface area contributed by atoms with Crippen LogP contribution in [-0.2, 0) is 6.42 Å². The average Bonchev–Trinajstić information content (AvgIpc) is 2.82. The first kappa shape index (κ1) is 22.4. The van der Waals surface area contributed by atoms with Gasteiger partial charge in [-0.2, -0.15) is 0 Å². The molecule has 0 nitrogen and oxygen atoms in total. The molecule has 1 atom stereocenters. The second kappa shape index (κ2) is 13.1. The molecule has 0 N–H and O–H groups in total. The Hall–Kier alpha value is -2.26. The van der Waals surface area contributed by atoms with E-state index in [2.05, 4.69) is 100 Å². The monoisotopic (exact) mass is 428 g/mol. The highest BCUT2D eigenvalue weighted by Crippen LogP contribution is 2.34. The van der Waals surface area contributed by atoms with E-state index >= 15 is 0 Å². The summed E-state index contributed by atoms with van der Waals surface area (Å²) >= 11 is 0. The third-order valence-electron chi connectivity index (χ3n) is 4.88. The molecule has 0 aliphatic carbocycles. The second-order valence-electron chi connectivity index (χ2n) is 7.18. The van der Waals surface area contributed by atoms with Crippen molar-refractivity contribution in [2.75, 3.05) is 6.16 Å². The van der Waals surface area contributed by atoms with Gasteiger partial charge in [-0.1, -0.05) is 121 Å². The zero-order valence-electron chi connectivity index (χ0n) is 17.4. The van der Waals surface area contributed by atoms with Crippen LogP contribution in [-0.4, -0.2) is 6.16 Å². The van der Waals surface area contributed by atoms with Crippen LogP contribution in [0, 0.1) is 0 Å². The maximum Gasteiger partial charge on any atom is -0.0195 e. The van der Waals surface area contributed by atoms with E-state index < -0.39 is 0 Å². The van der Waals surface area contributed by atoms with E-state index in [0.717, 1.165) is 0 Å². The molecule has 4 rings (SSSR count). The van der Waals surface area contributed by atoms with Gasteiger partial charge in [0.15, 0.2) is 0 Å². The predicted molar refractivity (Wildman–Crippen MR) is 139 cm³/mol. The van der Waals surface area contributed by atoms with Crippen molar-refractivity contribution in [3.63, 3.8) is 0 Å². The molecular weight excluding hydrogens is 398 g/mol. The molecule has 0 spiro atoms. The average molecular weight is 428 g/mol. The van der Waals surface area contributed by atoms with Gasteiger partial charge in [0.2, 0.25) is 0 Å². The molecule has 152 valence electrons. The number of aryl methyl sites for hydroxylation is 1. The molecular formula is C28H30P2. The van der Waals surface area contributed by atoms with E-state index in [9.17, 15) is 0 Å². The van der Waals surface area contributed by atoms with E-state index in [1.54, 1.807) is 0 Å². The first-order valence-corrected chi connectivity index (χ1v) is 12.7. The van der Waals surface area contributed by atoms with Gasteiger partial charge in [-0.15, -0.1) is 9.24 Å². The van der Waals surface area contributed by atoms with Crippen molar-refractivity contribution in [2.45, 2.75) is 19.3 Å². The molecule has 30 heavy (non-hydrogen) atoms. The van der Waals surface area contributed by atoms with E-state index in [-0.39, 0.29) is 7.92 Å². The van der Waals surface area contributed by atoms with Crippen LogP contribution in [0.1, 0.15) is 18.4 Å². The topological polar surface area (TPSA) is 0 Å². The van der Waals surface area contributed by atoms with Crippen molar-refractivity contribution in [2.24, 2.45) is 0 Å². The SMILES string of the molecule is Pc1ccccc1.c1ccc(CCCCP(c2ccccc2)c2ccccc2)cc1. The molecule has 0 aliphatic rings. The predicted octanol–water partition coefficient (Wildman–Crippen LogP) is 6.33. The van der Waals surface area contributed by atoms with Crippen LogP contribution in [0.4, 0.5) is 0 Å². The van der Waals surface area contributed by atoms with Gasteiger partial charge < -0.3 is 0 Å². The van der Waals surface area contributed by atoms with Crippen molar-refractivity contribution in [3.05, 3.63) is 127 Å². The fraction of sp³-hybridized carbons (Fsp3) is 0.143. The van der Waals surface area contributed by atoms with E-state index in [1.807, 2.05) is 30.3 Å². The molecule has 2 heteroatoms. The van der Waals surface area contributed by atoms with Crippen molar-refractivity contribution in [1.82, 2.24) is 0 Å². The van der Waals surface area contributed by atoms with Crippen LogP contribution in [0.25, 0.3) is 0 Å². The van der Waals surface area contributed by atoms with Gasteiger partial charge in [-0.25, -0.2) is 0 Å². The summed E-state index contributed by atoms with van der Waals surface area (Å²) in [6, 6.07) is 43.0. The standard InChI is InChI=1S/C22H23P.C6H7P/c1-4-12-20(13-5-1)14-10-11-19-23(21-15-6-2-7-16-21)22-17-8-3-9-18-22;7-6-4-2-1-3-5-6/h1-9,12-13,15-18H,10-11,14,19H2;1-5H,7H2. The lowest BCUT2D eigenvalue weighted by Crippen LogP contribution is -2.13. The van der Waals surface area contributed by atoms with Crippen molar-refractivity contribution in [3.8, 4) is 0 Å². The van der Waals surface area contributed by atoms with Gasteiger partial charge >= 0.3 is 0 Å². The first-order chi connectivity index (χ1) is 14.8. The number of rotatable bonds is 7. The molecule has 0 heterocycles. The lowest BCUT2D eigenvalue weighted by atomic mass is 10.1. The lowest BCUT2D eigenvalue weighted by molar-refractivity contribution is 0.801. The summed E-state index contributed by atoms with van der Waals surface area (Å²) in [5, 5.41) is 4.23. The molecule has 0 aliphatic heterocycles. The second-order valence-corrected chi connectivity index (χ2v) is 10.2. The Morgan fingerprint density at radius 3 is 1.37 bits per heavy atom. The Labute approximate surface area is 185 Å². The highest BCUT2D eigenvalue weighted by molar-refractivity contribution is 7.73. The van der Waals surface area contributed by atoms with Gasteiger partial charge in [-0.05, 0) is 54.8 Å². The molecule has 0 radical (unpaired) electrons. The normalized spacial score (nSPS) is 10.3. The molecule has 0 fully saturated rings. The minimum absolute atomic E-state index is 0.231. The summed E-state index contributed by atoms with van der Waals surface area (Å²) in [4.78, 5) is 0. The van der Waals surface area contributed by atoms with Crippen LogP contribution in [0.5, 0.6) is 0 Å². The fourth-order valence-electron chi connectivity index (χ4n) is 3.32. The minimum atomic E-state index is -0.231. The highest BCUT2D eigenvalue weighted by atomic mass is 31.1. The van der Waals surface area contributed by atoms with Crippen LogP contribution >= 0.6 is 17.2 Å². The van der Waals surface area contributed by atoms with Crippen LogP contribution in [0.15, 0.2) is 121 Å². The number of benzene rings is 4. The third kappa shape index (κ3) is 7.87. The molecule has 0 bridgehead atoms. The first-order valence-electron chi connectivity index (χ1n) is 10.5. The maximum absolute atomic E-state index is 2.63. The van der Waals surface area contributed by atoms with E-state index in [0.29, 0.717) is 0 Å². The summed E-state index contributed by atoms with van der Waals surface area (Å²) in [5.74, 6) is 0. The van der Waals surface area contributed by atoms with Crippen molar-refractivity contribution >= 4 is 33.1 Å². The van der Waals surface area contributed by atoms with Gasteiger partial charge in [0.1, 0.15) is 0 Å². The molecule has 1 unspecified atom stereocenters. The van der Waals surface area contributed by atoms with Crippen molar-refractivity contribution in [1.29, 1.82) is 0 Å². The van der Waals surface area contributed by atoms with Crippen LogP contribution in [0.2, 0.25) is 0 Å². The summed E-state index contributed by atoms with van der Waals surface area (Å²) in [7, 11) is 2.40. The smallest absolute Gasteiger partial charge is 0.0195 e. The summed E-state index contributed by atoms with van der Waals surface area (Å²) in [5.41, 5.74) is 1.45. The Balaban J connectivity index is 0.000000310. The van der Waals surface area contributed by atoms with Gasteiger partial charge in [-0.3, -0.25) is 0 Å². The summed E-state index contributed by atoms with van der Waals surface area (Å²) in [6.07, 6.45) is 5.01. The maximum atomic E-state index is 2.63. The molecule has 0 aromatic heterocycles. The molecule has 0 amide bonds. The Morgan fingerprint density at radius 2 is 0.933 bits per heavy atom. The van der Waals surface area contributed by atoms with E-state index in [1.165, 1.54) is 46.9 Å². The van der Waals surface area contributed by atoms with Crippen LogP contribution < -0.4 is 15.9 Å². The van der Waals surface area contributed by atoms with Gasteiger partial charge in [0.25, 0.3) is 0 Å². The number of unbranched alkanes of at least 4 members (excludes halogenated alkanes) is 1. The number of hydrogen-bond acceptors (Lipinski definition) is 0. The van der Waals surface area contributed by atoms with Crippen molar-refractivity contribution < 1.29 is 0 Å². The summed E-state index contributed by atoms with van der Waals surface area (Å²) in [6.45, 7) is 0. The van der Waals surface area contributed by atoms with Crippen LogP contribution in [0.3, 0.4) is 0 Å². The largest absolute Gasteiger partial charge is 0.106 e.